The van der Waals surface area contributed by atoms with Crippen molar-refractivity contribution in [3.05, 3.63) is 11.3 Å². The van der Waals surface area contributed by atoms with Crippen LogP contribution in [0.4, 0.5) is 11.8 Å². The number of nitrogen functional groups attached to an aromatic ring is 2. The van der Waals surface area contributed by atoms with Gasteiger partial charge in [0.25, 0.3) is 0 Å². The van der Waals surface area contributed by atoms with E-state index in [9.17, 15) is 4.79 Å². The van der Waals surface area contributed by atoms with E-state index in [1.54, 1.807) is 0 Å². The summed E-state index contributed by atoms with van der Waals surface area (Å²) in [4.78, 5) is 18.6. The molecule has 5 N–H and O–H groups in total. The van der Waals surface area contributed by atoms with Gasteiger partial charge in [0.15, 0.2) is 0 Å². The van der Waals surface area contributed by atoms with Crippen LogP contribution in [0.5, 0.6) is 0 Å². The van der Waals surface area contributed by atoms with Crippen LogP contribution in [0.3, 0.4) is 0 Å². The number of anilines is 2. The van der Waals surface area contributed by atoms with E-state index in [1.165, 1.54) is 0 Å². The molecule has 6 nitrogen and oxygen atoms in total. The van der Waals surface area contributed by atoms with Gasteiger partial charge in [-0.1, -0.05) is 20.8 Å². The largest absolute Gasteiger partial charge is 0.481 e. The van der Waals surface area contributed by atoms with Gasteiger partial charge in [0, 0.05) is 11.0 Å². The highest BCUT2D eigenvalue weighted by atomic mass is 16.4. The van der Waals surface area contributed by atoms with Gasteiger partial charge in [-0.2, -0.15) is 4.98 Å². The second-order valence-electron chi connectivity index (χ2n) is 4.61. The van der Waals surface area contributed by atoms with Crippen LogP contribution in [0.15, 0.2) is 0 Å². The van der Waals surface area contributed by atoms with Gasteiger partial charge in [0.2, 0.25) is 5.95 Å². The predicted octanol–water partition coefficient (Wildman–Crippen LogP) is 0.566. The average molecular weight is 224 g/mol. The number of carbonyl (C=O) groups is 1. The number of aromatic nitrogens is 2. The second kappa shape index (κ2) is 3.96. The first kappa shape index (κ1) is 12.2. The Balaban J connectivity index is 3.38. The fourth-order valence-electron chi connectivity index (χ4n) is 1.47. The Hall–Kier alpha value is -1.85. The van der Waals surface area contributed by atoms with Gasteiger partial charge in [-0.05, 0) is 0 Å². The molecule has 0 atom stereocenters. The number of rotatable bonds is 2. The van der Waals surface area contributed by atoms with Crippen LogP contribution >= 0.6 is 0 Å². The highest BCUT2D eigenvalue weighted by Crippen LogP contribution is 2.27. The Morgan fingerprint density at radius 3 is 2.31 bits per heavy atom. The first-order valence-corrected chi connectivity index (χ1v) is 4.86. The van der Waals surface area contributed by atoms with Gasteiger partial charge in [0.1, 0.15) is 5.82 Å². The van der Waals surface area contributed by atoms with Crippen molar-refractivity contribution in [2.75, 3.05) is 11.5 Å². The Morgan fingerprint density at radius 2 is 1.88 bits per heavy atom. The molecule has 1 aromatic rings. The normalized spacial score (nSPS) is 11.4. The molecule has 0 bridgehead atoms. The van der Waals surface area contributed by atoms with E-state index in [2.05, 4.69) is 9.97 Å². The molecule has 0 aromatic carbocycles. The number of aliphatic carboxylic acids is 1. The minimum absolute atomic E-state index is 0.0663. The Labute approximate surface area is 93.7 Å². The third-order valence-corrected chi connectivity index (χ3v) is 2.09. The van der Waals surface area contributed by atoms with Crippen LogP contribution < -0.4 is 11.5 Å². The molecule has 0 aliphatic rings. The average Bonchev–Trinajstić information content (AvgIpc) is 2.06. The zero-order chi connectivity index (χ0) is 12.5. The van der Waals surface area contributed by atoms with Crippen LogP contribution in [-0.2, 0) is 16.6 Å². The molecule has 16 heavy (non-hydrogen) atoms. The van der Waals surface area contributed by atoms with Crippen molar-refractivity contribution in [3.8, 4) is 0 Å². The molecule has 0 saturated heterocycles. The van der Waals surface area contributed by atoms with Crippen molar-refractivity contribution < 1.29 is 9.90 Å². The molecule has 0 aliphatic carbocycles. The fourth-order valence-corrected chi connectivity index (χ4v) is 1.47. The molecule has 0 amide bonds. The zero-order valence-corrected chi connectivity index (χ0v) is 9.61. The number of hydrogen-bond donors (Lipinski definition) is 3. The summed E-state index contributed by atoms with van der Waals surface area (Å²) in [5.41, 5.74) is 11.9. The van der Waals surface area contributed by atoms with Crippen LogP contribution in [0, 0.1) is 0 Å². The lowest BCUT2D eigenvalue weighted by molar-refractivity contribution is -0.136. The summed E-state index contributed by atoms with van der Waals surface area (Å²) in [6.45, 7) is 5.75. The summed E-state index contributed by atoms with van der Waals surface area (Å²) in [5.74, 6) is -0.762. The molecule has 0 aliphatic heterocycles. The Kier molecular flexibility index (Phi) is 3.02. The third kappa shape index (κ3) is 2.59. The van der Waals surface area contributed by atoms with Crippen LogP contribution in [-0.4, -0.2) is 21.0 Å². The number of carboxylic acid groups (broad SMARTS) is 1. The topological polar surface area (TPSA) is 115 Å². The maximum atomic E-state index is 10.7. The number of nitrogens with two attached hydrogens (primary N) is 2. The molecule has 1 aromatic heterocycles. The minimum Gasteiger partial charge on any atom is -0.481 e. The Bertz CT molecular complexity index is 424. The third-order valence-electron chi connectivity index (χ3n) is 2.09. The first-order chi connectivity index (χ1) is 7.21. The summed E-state index contributed by atoms with van der Waals surface area (Å²) >= 11 is 0. The molecular weight excluding hydrogens is 208 g/mol. The van der Waals surface area contributed by atoms with Crippen molar-refractivity contribution in [1.29, 1.82) is 0 Å². The number of hydrogen-bond acceptors (Lipinski definition) is 5. The lowest BCUT2D eigenvalue weighted by Crippen LogP contribution is -2.21. The zero-order valence-electron chi connectivity index (χ0n) is 9.61. The maximum absolute atomic E-state index is 10.7. The van der Waals surface area contributed by atoms with Crippen molar-refractivity contribution >= 4 is 17.7 Å². The van der Waals surface area contributed by atoms with E-state index in [-0.39, 0.29) is 23.6 Å². The molecule has 0 radical (unpaired) electrons. The summed E-state index contributed by atoms with van der Waals surface area (Å²) < 4.78 is 0. The summed E-state index contributed by atoms with van der Waals surface area (Å²) in [5, 5.41) is 8.81. The van der Waals surface area contributed by atoms with E-state index >= 15 is 0 Å². The van der Waals surface area contributed by atoms with E-state index in [0.717, 1.165) is 0 Å². The summed E-state index contributed by atoms with van der Waals surface area (Å²) in [7, 11) is 0. The number of nitrogens with zero attached hydrogens (tertiary/aromatic N) is 2. The molecule has 88 valence electrons. The highest BCUT2D eigenvalue weighted by molar-refractivity contribution is 5.73. The molecule has 0 fully saturated rings. The summed E-state index contributed by atoms with van der Waals surface area (Å²) in [6, 6.07) is 0. The van der Waals surface area contributed by atoms with Gasteiger partial charge in [-0.25, -0.2) is 4.98 Å². The lowest BCUT2D eigenvalue weighted by Gasteiger charge is -2.21. The minimum atomic E-state index is -0.967. The van der Waals surface area contributed by atoms with Gasteiger partial charge in [-0.15, -0.1) is 0 Å². The highest BCUT2D eigenvalue weighted by Gasteiger charge is 2.24. The fraction of sp³-hybridized carbons (Fsp3) is 0.500. The maximum Gasteiger partial charge on any atom is 0.308 e. The van der Waals surface area contributed by atoms with Crippen LogP contribution in [0.1, 0.15) is 32.0 Å². The van der Waals surface area contributed by atoms with E-state index in [4.69, 9.17) is 16.6 Å². The predicted molar refractivity (Wildman–Crippen MR) is 60.9 cm³/mol. The molecule has 1 rings (SSSR count). The van der Waals surface area contributed by atoms with Crippen molar-refractivity contribution in [3.63, 3.8) is 0 Å². The van der Waals surface area contributed by atoms with E-state index < -0.39 is 5.97 Å². The standard InChI is InChI=1S/C10H16N4O2/c1-10(2,3)7-5(4-6(15)16)8(11)14-9(12)13-7/h4H2,1-3H3,(H,15,16)(H4,11,12,13,14). The van der Waals surface area contributed by atoms with Gasteiger partial charge < -0.3 is 16.6 Å². The Morgan fingerprint density at radius 1 is 1.31 bits per heavy atom. The lowest BCUT2D eigenvalue weighted by atomic mass is 9.87. The van der Waals surface area contributed by atoms with Gasteiger partial charge in [0.05, 0.1) is 12.1 Å². The van der Waals surface area contributed by atoms with Crippen molar-refractivity contribution in [2.45, 2.75) is 32.6 Å². The smallest absolute Gasteiger partial charge is 0.308 e. The summed E-state index contributed by atoms with van der Waals surface area (Å²) in [6.07, 6.45) is -0.196. The first-order valence-electron chi connectivity index (χ1n) is 4.86. The molecule has 0 saturated carbocycles. The second-order valence-corrected chi connectivity index (χ2v) is 4.61. The molecular formula is C10H16N4O2. The van der Waals surface area contributed by atoms with Gasteiger partial charge in [-0.3, -0.25) is 4.79 Å². The van der Waals surface area contributed by atoms with E-state index in [0.29, 0.717) is 11.3 Å². The van der Waals surface area contributed by atoms with Crippen LogP contribution in [0.25, 0.3) is 0 Å². The van der Waals surface area contributed by atoms with Crippen LogP contribution in [0.2, 0.25) is 0 Å². The van der Waals surface area contributed by atoms with E-state index in [1.807, 2.05) is 20.8 Å². The quantitative estimate of drug-likeness (QED) is 0.676. The molecule has 0 spiro atoms. The molecule has 1 heterocycles. The van der Waals surface area contributed by atoms with Crippen molar-refractivity contribution in [2.24, 2.45) is 0 Å². The van der Waals surface area contributed by atoms with Crippen molar-refractivity contribution in [1.82, 2.24) is 9.97 Å². The number of carboxylic acids is 1. The molecule has 0 unspecified atom stereocenters. The molecule has 6 heteroatoms. The van der Waals surface area contributed by atoms with Gasteiger partial charge >= 0.3 is 5.97 Å². The monoisotopic (exact) mass is 224 g/mol. The SMILES string of the molecule is CC(C)(C)c1nc(N)nc(N)c1CC(=O)O.